The number of carbonyl (C=O) groups is 1. The number of hydrogen-bond donors (Lipinski definition) is 0. The summed E-state index contributed by atoms with van der Waals surface area (Å²) in [6, 6.07) is 15.9. The highest BCUT2D eigenvalue weighted by Gasteiger charge is 2.09. The van der Waals surface area contributed by atoms with Gasteiger partial charge in [0.15, 0.2) is 5.78 Å². The summed E-state index contributed by atoms with van der Waals surface area (Å²) in [7, 11) is 0. The van der Waals surface area contributed by atoms with Crippen LogP contribution in [0.4, 0.5) is 0 Å². The van der Waals surface area contributed by atoms with Crippen molar-refractivity contribution >= 4 is 33.5 Å². The zero-order chi connectivity index (χ0) is 13.7. The average molecular weight is 335 g/mol. The van der Waals surface area contributed by atoms with Crippen LogP contribution >= 0.6 is 27.7 Å². The molecule has 2 aromatic rings. The molecule has 98 valence electrons. The van der Waals surface area contributed by atoms with Crippen molar-refractivity contribution in [3.05, 3.63) is 69.7 Å². The predicted octanol–water partition coefficient (Wildman–Crippen LogP) is 4.87. The van der Waals surface area contributed by atoms with Crippen LogP contribution in [0.2, 0.25) is 0 Å². The van der Waals surface area contributed by atoms with E-state index in [0.717, 1.165) is 15.8 Å². The number of hydrogen-bond acceptors (Lipinski definition) is 2. The van der Waals surface area contributed by atoms with Gasteiger partial charge in [-0.3, -0.25) is 4.79 Å². The Kier molecular flexibility index (Phi) is 5.23. The van der Waals surface area contributed by atoms with Crippen LogP contribution in [0.5, 0.6) is 0 Å². The Morgan fingerprint density at radius 1 is 1.11 bits per heavy atom. The molecule has 2 rings (SSSR count). The number of benzene rings is 2. The van der Waals surface area contributed by atoms with Crippen LogP contribution in [0.15, 0.2) is 53.0 Å². The Morgan fingerprint density at radius 2 is 1.79 bits per heavy atom. The maximum atomic E-state index is 12.1. The smallest absolute Gasteiger partial charge is 0.173 e. The molecule has 0 saturated carbocycles. The van der Waals surface area contributed by atoms with Crippen LogP contribution in [0, 0.1) is 6.92 Å². The van der Waals surface area contributed by atoms with E-state index in [-0.39, 0.29) is 5.78 Å². The molecule has 0 spiro atoms. The van der Waals surface area contributed by atoms with Gasteiger partial charge >= 0.3 is 0 Å². The standard InChI is InChI=1S/C16H15BrOS/c1-12-6-2-3-7-13(12)10-19-11-16(18)14-8-4-5-9-15(14)17/h2-9H,10-11H2,1H3. The molecule has 0 fully saturated rings. The number of halogens is 1. The molecule has 0 bridgehead atoms. The zero-order valence-electron chi connectivity index (χ0n) is 10.7. The second-order valence-corrected chi connectivity index (χ2v) is 6.16. The summed E-state index contributed by atoms with van der Waals surface area (Å²) in [5.74, 6) is 1.56. The summed E-state index contributed by atoms with van der Waals surface area (Å²) in [6.45, 7) is 2.10. The minimum absolute atomic E-state index is 0.172. The van der Waals surface area contributed by atoms with Crippen LogP contribution in [0.25, 0.3) is 0 Å². The number of rotatable bonds is 5. The lowest BCUT2D eigenvalue weighted by Gasteiger charge is -2.06. The van der Waals surface area contributed by atoms with Gasteiger partial charge in [-0.15, -0.1) is 11.8 Å². The zero-order valence-corrected chi connectivity index (χ0v) is 13.1. The first-order valence-electron chi connectivity index (χ1n) is 6.08. The van der Waals surface area contributed by atoms with Crippen molar-refractivity contribution < 1.29 is 4.79 Å². The monoisotopic (exact) mass is 334 g/mol. The molecule has 0 aliphatic rings. The predicted molar refractivity (Wildman–Crippen MR) is 85.8 cm³/mol. The summed E-state index contributed by atoms with van der Waals surface area (Å²) in [5, 5.41) is 0. The molecule has 0 aromatic heterocycles. The van der Waals surface area contributed by atoms with Gasteiger partial charge in [0, 0.05) is 15.8 Å². The van der Waals surface area contributed by atoms with Crippen LogP contribution in [-0.4, -0.2) is 11.5 Å². The number of aryl methyl sites for hydroxylation is 1. The summed E-state index contributed by atoms with van der Waals surface area (Å²) in [4.78, 5) is 12.1. The fourth-order valence-corrected chi connectivity index (χ4v) is 3.28. The number of ketones is 1. The molecule has 0 aliphatic carbocycles. The Hall–Kier alpha value is -1.06. The highest BCUT2D eigenvalue weighted by molar-refractivity contribution is 9.10. The first-order valence-corrected chi connectivity index (χ1v) is 8.03. The SMILES string of the molecule is Cc1ccccc1CSCC(=O)c1ccccc1Br. The maximum Gasteiger partial charge on any atom is 0.173 e. The van der Waals surface area contributed by atoms with E-state index >= 15 is 0 Å². The average Bonchev–Trinajstić information content (AvgIpc) is 2.41. The van der Waals surface area contributed by atoms with Crippen molar-refractivity contribution in [3.63, 3.8) is 0 Å². The van der Waals surface area contributed by atoms with E-state index in [1.807, 2.05) is 36.4 Å². The van der Waals surface area contributed by atoms with E-state index in [9.17, 15) is 4.79 Å². The second-order valence-electron chi connectivity index (χ2n) is 4.32. The molecule has 0 radical (unpaired) electrons. The van der Waals surface area contributed by atoms with Crippen LogP contribution < -0.4 is 0 Å². The molecule has 0 amide bonds. The Morgan fingerprint density at radius 3 is 2.53 bits per heavy atom. The number of thioether (sulfide) groups is 1. The lowest BCUT2D eigenvalue weighted by molar-refractivity contribution is 0.102. The summed E-state index contributed by atoms with van der Waals surface area (Å²) in [5.41, 5.74) is 3.34. The van der Waals surface area contributed by atoms with Crippen molar-refractivity contribution in [2.45, 2.75) is 12.7 Å². The largest absolute Gasteiger partial charge is 0.293 e. The molecule has 3 heteroatoms. The quantitative estimate of drug-likeness (QED) is 0.725. The van der Waals surface area contributed by atoms with Crippen molar-refractivity contribution in [2.24, 2.45) is 0 Å². The molecular weight excluding hydrogens is 320 g/mol. The van der Waals surface area contributed by atoms with Gasteiger partial charge in [-0.1, -0.05) is 58.4 Å². The fourth-order valence-electron chi connectivity index (χ4n) is 1.79. The third-order valence-corrected chi connectivity index (χ3v) is 4.60. The minimum Gasteiger partial charge on any atom is -0.293 e. The topological polar surface area (TPSA) is 17.1 Å². The van der Waals surface area contributed by atoms with Gasteiger partial charge in [-0.25, -0.2) is 0 Å². The summed E-state index contributed by atoms with van der Waals surface area (Å²) >= 11 is 5.08. The molecule has 0 saturated heterocycles. The van der Waals surface area contributed by atoms with E-state index in [2.05, 4.69) is 35.0 Å². The molecule has 0 heterocycles. The van der Waals surface area contributed by atoms with E-state index in [1.165, 1.54) is 11.1 Å². The lowest BCUT2D eigenvalue weighted by atomic mass is 10.1. The molecule has 2 aromatic carbocycles. The Bertz CT molecular complexity index is 580. The third kappa shape index (κ3) is 3.95. The van der Waals surface area contributed by atoms with Gasteiger partial charge in [0.25, 0.3) is 0 Å². The van der Waals surface area contributed by atoms with Gasteiger partial charge in [-0.2, -0.15) is 0 Å². The molecule has 0 aliphatic heterocycles. The first kappa shape index (κ1) is 14.4. The highest BCUT2D eigenvalue weighted by Crippen LogP contribution is 2.20. The maximum absolute atomic E-state index is 12.1. The van der Waals surface area contributed by atoms with Gasteiger partial charge in [0.05, 0.1) is 5.75 Å². The summed E-state index contributed by atoms with van der Waals surface area (Å²) < 4.78 is 0.872. The summed E-state index contributed by atoms with van der Waals surface area (Å²) in [6.07, 6.45) is 0. The number of carbonyl (C=O) groups excluding carboxylic acids is 1. The third-order valence-electron chi connectivity index (χ3n) is 2.93. The minimum atomic E-state index is 0.172. The highest BCUT2D eigenvalue weighted by atomic mass is 79.9. The van der Waals surface area contributed by atoms with Gasteiger partial charge in [0.1, 0.15) is 0 Å². The van der Waals surface area contributed by atoms with Crippen molar-refractivity contribution in [1.82, 2.24) is 0 Å². The van der Waals surface area contributed by atoms with Crippen molar-refractivity contribution in [2.75, 3.05) is 5.75 Å². The Balaban J connectivity index is 1.92. The first-order chi connectivity index (χ1) is 9.18. The molecule has 1 nitrogen and oxygen atoms in total. The molecule has 0 N–H and O–H groups in total. The van der Waals surface area contributed by atoms with Crippen molar-refractivity contribution in [1.29, 1.82) is 0 Å². The lowest BCUT2D eigenvalue weighted by Crippen LogP contribution is -2.03. The van der Waals surface area contributed by atoms with Crippen molar-refractivity contribution in [3.8, 4) is 0 Å². The number of Topliss-reactive ketones (excluding diaryl/α,β-unsaturated/α-hetero) is 1. The second kappa shape index (κ2) is 6.92. The fraction of sp³-hybridized carbons (Fsp3) is 0.188. The normalized spacial score (nSPS) is 10.4. The van der Waals surface area contributed by atoms with E-state index in [1.54, 1.807) is 11.8 Å². The van der Waals surface area contributed by atoms with Gasteiger partial charge in [0.2, 0.25) is 0 Å². The molecule has 0 atom stereocenters. The Labute approximate surface area is 126 Å². The molecular formula is C16H15BrOS. The van der Waals surface area contributed by atoms with E-state index in [0.29, 0.717) is 5.75 Å². The van der Waals surface area contributed by atoms with Crippen LogP contribution in [0.1, 0.15) is 21.5 Å². The van der Waals surface area contributed by atoms with E-state index in [4.69, 9.17) is 0 Å². The van der Waals surface area contributed by atoms with Gasteiger partial charge in [-0.05, 0) is 24.1 Å². The molecule has 0 unspecified atom stereocenters. The van der Waals surface area contributed by atoms with Gasteiger partial charge < -0.3 is 0 Å². The van der Waals surface area contributed by atoms with Crippen LogP contribution in [0.3, 0.4) is 0 Å². The molecule has 19 heavy (non-hydrogen) atoms. The van der Waals surface area contributed by atoms with Crippen LogP contribution in [-0.2, 0) is 5.75 Å². The van der Waals surface area contributed by atoms with E-state index < -0.39 is 0 Å².